The number of hydrogen-bond donors (Lipinski definition) is 1. The topological polar surface area (TPSA) is 46.5 Å². The lowest BCUT2D eigenvalue weighted by atomic mass is 9.64. The number of hydrogen-bond acceptors (Lipinski definition) is 2. The Morgan fingerprint density at radius 2 is 2.10 bits per heavy atom. The predicted octanol–water partition coefficient (Wildman–Crippen LogP) is 3.73. The Bertz CT molecular complexity index is 481. The molecule has 3 heteroatoms. The van der Waals surface area contributed by atoms with Crippen molar-refractivity contribution in [2.75, 3.05) is 13.2 Å². The van der Waals surface area contributed by atoms with Gasteiger partial charge in [-0.1, -0.05) is 38.1 Å². The molecule has 1 aromatic rings. The molecule has 3 unspecified atom stereocenters. The molecule has 1 N–H and O–H groups in total. The van der Waals surface area contributed by atoms with Crippen LogP contribution >= 0.6 is 0 Å². The van der Waals surface area contributed by atoms with Gasteiger partial charge in [0.2, 0.25) is 0 Å². The first-order chi connectivity index (χ1) is 10.0. The molecule has 0 saturated carbocycles. The number of benzene rings is 1. The minimum atomic E-state index is -0.702. The van der Waals surface area contributed by atoms with E-state index in [2.05, 4.69) is 38.1 Å². The van der Waals surface area contributed by atoms with Crippen LogP contribution in [0.2, 0.25) is 0 Å². The van der Waals surface area contributed by atoms with E-state index < -0.39 is 5.97 Å². The first kappa shape index (κ1) is 16.0. The zero-order valence-corrected chi connectivity index (χ0v) is 13.2. The maximum absolute atomic E-state index is 11.3. The molecule has 1 aliphatic rings. The quantitative estimate of drug-likeness (QED) is 0.868. The van der Waals surface area contributed by atoms with Crippen molar-refractivity contribution in [2.24, 2.45) is 17.8 Å². The van der Waals surface area contributed by atoms with Gasteiger partial charge in [0.05, 0.1) is 0 Å². The molecule has 1 aromatic carbocycles. The lowest BCUT2D eigenvalue weighted by Gasteiger charge is -2.41. The summed E-state index contributed by atoms with van der Waals surface area (Å²) >= 11 is 0. The van der Waals surface area contributed by atoms with Gasteiger partial charge in [0, 0.05) is 19.6 Å². The third-order valence-corrected chi connectivity index (χ3v) is 4.63. The van der Waals surface area contributed by atoms with Crippen molar-refractivity contribution < 1.29 is 14.6 Å². The van der Waals surface area contributed by atoms with E-state index in [1.54, 1.807) is 0 Å². The molecule has 116 valence electrons. The molecular formula is C18H26O3. The molecule has 0 radical (unpaired) electrons. The second-order valence-electron chi connectivity index (χ2n) is 6.35. The molecule has 0 aromatic heterocycles. The van der Waals surface area contributed by atoms with Crippen molar-refractivity contribution in [3.63, 3.8) is 0 Å². The van der Waals surface area contributed by atoms with Crippen LogP contribution in [0.1, 0.15) is 44.2 Å². The van der Waals surface area contributed by atoms with Gasteiger partial charge >= 0.3 is 5.97 Å². The Labute approximate surface area is 127 Å². The molecule has 0 heterocycles. The zero-order chi connectivity index (χ0) is 15.4. The van der Waals surface area contributed by atoms with E-state index in [0.29, 0.717) is 31.0 Å². The minimum absolute atomic E-state index is 0.156. The van der Waals surface area contributed by atoms with Crippen LogP contribution in [0, 0.1) is 17.8 Å². The van der Waals surface area contributed by atoms with Crippen LogP contribution in [0.15, 0.2) is 24.3 Å². The average molecular weight is 290 g/mol. The third-order valence-electron chi connectivity index (χ3n) is 4.63. The van der Waals surface area contributed by atoms with Crippen molar-refractivity contribution in [3.05, 3.63) is 35.4 Å². The summed E-state index contributed by atoms with van der Waals surface area (Å²) in [5.74, 6) is 0.482. The Balaban J connectivity index is 2.36. The van der Waals surface area contributed by atoms with Gasteiger partial charge in [-0.3, -0.25) is 4.79 Å². The molecule has 21 heavy (non-hydrogen) atoms. The fourth-order valence-corrected chi connectivity index (χ4v) is 3.80. The zero-order valence-electron chi connectivity index (χ0n) is 13.2. The normalized spacial score (nSPS) is 24.9. The largest absolute Gasteiger partial charge is 0.481 e. The number of carboxylic acids is 1. The van der Waals surface area contributed by atoms with E-state index >= 15 is 0 Å². The molecule has 0 bridgehead atoms. The van der Waals surface area contributed by atoms with Crippen LogP contribution in [0.25, 0.3) is 0 Å². The highest BCUT2D eigenvalue weighted by atomic mass is 16.5. The van der Waals surface area contributed by atoms with Crippen LogP contribution < -0.4 is 0 Å². The number of rotatable bonds is 6. The average Bonchev–Trinajstić information content (AvgIpc) is 2.43. The Kier molecular flexibility index (Phi) is 5.40. The molecule has 2 rings (SSSR count). The van der Waals surface area contributed by atoms with E-state index in [1.165, 1.54) is 11.1 Å². The number of fused-ring (bicyclic) bond motifs is 1. The third kappa shape index (κ3) is 3.65. The number of carboxylic acid groups (broad SMARTS) is 1. The maximum Gasteiger partial charge on any atom is 0.303 e. The predicted molar refractivity (Wildman–Crippen MR) is 83.5 cm³/mol. The molecular weight excluding hydrogens is 264 g/mol. The summed E-state index contributed by atoms with van der Waals surface area (Å²) in [4.78, 5) is 11.3. The smallest absolute Gasteiger partial charge is 0.303 e. The summed E-state index contributed by atoms with van der Waals surface area (Å²) in [5.41, 5.74) is 2.70. The van der Waals surface area contributed by atoms with Gasteiger partial charge in [-0.2, -0.15) is 0 Å². The van der Waals surface area contributed by atoms with Gasteiger partial charge in [0.25, 0.3) is 0 Å². The van der Waals surface area contributed by atoms with E-state index in [4.69, 9.17) is 4.74 Å². The Morgan fingerprint density at radius 3 is 2.71 bits per heavy atom. The monoisotopic (exact) mass is 290 g/mol. The summed E-state index contributed by atoms with van der Waals surface area (Å²) in [6.45, 7) is 7.72. The van der Waals surface area contributed by atoms with Crippen LogP contribution in [-0.2, 0) is 16.0 Å². The maximum atomic E-state index is 11.3. The van der Waals surface area contributed by atoms with Crippen LogP contribution in [0.3, 0.4) is 0 Å². The number of aliphatic carboxylic acids is 1. The van der Waals surface area contributed by atoms with E-state index in [1.807, 2.05) is 6.92 Å². The molecule has 0 aliphatic heterocycles. The van der Waals surface area contributed by atoms with Crippen molar-refractivity contribution in [1.29, 1.82) is 0 Å². The summed E-state index contributed by atoms with van der Waals surface area (Å²) in [6.07, 6.45) is 1.16. The fourth-order valence-electron chi connectivity index (χ4n) is 3.80. The molecule has 3 nitrogen and oxygen atoms in total. The highest BCUT2D eigenvalue weighted by Crippen LogP contribution is 2.45. The second-order valence-corrected chi connectivity index (χ2v) is 6.35. The van der Waals surface area contributed by atoms with Gasteiger partial charge in [-0.15, -0.1) is 0 Å². The highest BCUT2D eigenvalue weighted by molar-refractivity contribution is 5.67. The van der Waals surface area contributed by atoms with Gasteiger partial charge in [0.1, 0.15) is 0 Å². The molecule has 1 aliphatic carbocycles. The van der Waals surface area contributed by atoms with E-state index in [0.717, 1.165) is 6.42 Å². The van der Waals surface area contributed by atoms with Gasteiger partial charge in [-0.25, -0.2) is 0 Å². The molecule has 0 spiro atoms. The first-order valence-electron chi connectivity index (χ1n) is 7.91. The van der Waals surface area contributed by atoms with E-state index in [-0.39, 0.29) is 12.3 Å². The van der Waals surface area contributed by atoms with Crippen molar-refractivity contribution in [2.45, 2.75) is 39.5 Å². The molecule has 3 atom stereocenters. The van der Waals surface area contributed by atoms with Crippen molar-refractivity contribution in [1.82, 2.24) is 0 Å². The molecule has 0 amide bonds. The van der Waals surface area contributed by atoms with Crippen LogP contribution in [0.4, 0.5) is 0 Å². The van der Waals surface area contributed by atoms with Gasteiger partial charge in [-0.05, 0) is 48.1 Å². The Morgan fingerprint density at radius 1 is 1.38 bits per heavy atom. The van der Waals surface area contributed by atoms with Crippen LogP contribution in [-0.4, -0.2) is 24.3 Å². The number of carbonyl (C=O) groups is 1. The van der Waals surface area contributed by atoms with Crippen LogP contribution in [0.5, 0.6) is 0 Å². The lowest BCUT2D eigenvalue weighted by Crippen LogP contribution is -2.36. The summed E-state index contributed by atoms with van der Waals surface area (Å²) in [5, 5.41) is 9.32. The van der Waals surface area contributed by atoms with Crippen molar-refractivity contribution in [3.8, 4) is 0 Å². The summed E-state index contributed by atoms with van der Waals surface area (Å²) < 4.78 is 5.63. The first-order valence-corrected chi connectivity index (χ1v) is 7.91. The minimum Gasteiger partial charge on any atom is -0.481 e. The molecule has 0 saturated heterocycles. The highest BCUT2D eigenvalue weighted by Gasteiger charge is 2.39. The van der Waals surface area contributed by atoms with Gasteiger partial charge in [0.15, 0.2) is 0 Å². The standard InChI is InChI=1S/C18H26O3/c1-4-21-11-14-9-13-7-5-6-8-15(13)18(12(2)3)16(14)10-17(19)20/h5-8,12,14,16,18H,4,9-11H2,1-3H3,(H,19,20). The lowest BCUT2D eigenvalue weighted by molar-refractivity contribution is -0.139. The summed E-state index contributed by atoms with van der Waals surface area (Å²) in [7, 11) is 0. The molecule has 0 fully saturated rings. The van der Waals surface area contributed by atoms with E-state index in [9.17, 15) is 9.90 Å². The Hall–Kier alpha value is -1.35. The second kappa shape index (κ2) is 7.08. The number of ether oxygens (including phenoxy) is 1. The van der Waals surface area contributed by atoms with Crippen molar-refractivity contribution >= 4 is 5.97 Å². The SMILES string of the molecule is CCOCC1Cc2ccccc2C(C(C)C)C1CC(=O)O. The fraction of sp³-hybridized carbons (Fsp3) is 0.611. The van der Waals surface area contributed by atoms with Gasteiger partial charge < -0.3 is 9.84 Å². The summed E-state index contributed by atoms with van der Waals surface area (Å²) in [6, 6.07) is 8.49.